The van der Waals surface area contributed by atoms with Crippen molar-refractivity contribution in [2.24, 2.45) is 5.73 Å². The van der Waals surface area contributed by atoms with E-state index >= 15 is 0 Å². The molecule has 4 rings (SSSR count). The average molecular weight is 351 g/mol. The highest BCUT2D eigenvalue weighted by molar-refractivity contribution is 6.00. The number of ketones is 1. The minimum Gasteiger partial charge on any atom is -0.454 e. The van der Waals surface area contributed by atoms with Crippen LogP contribution in [-0.2, 0) is 11.3 Å². The van der Waals surface area contributed by atoms with Gasteiger partial charge in [-0.2, -0.15) is 5.01 Å². The number of ether oxygens (including phenoxy) is 2. The summed E-state index contributed by atoms with van der Waals surface area (Å²) >= 11 is 0. The number of carbonyl (C=O) groups is 1. The molecule has 2 aromatic carbocycles. The van der Waals surface area contributed by atoms with Crippen LogP contribution in [0.2, 0.25) is 0 Å². The van der Waals surface area contributed by atoms with Crippen LogP contribution in [0.5, 0.6) is 11.5 Å². The van der Waals surface area contributed by atoms with E-state index in [2.05, 4.69) is 0 Å². The maximum absolute atomic E-state index is 12.3. The topological polar surface area (TPSA) is 68.0 Å². The molecule has 0 bridgehead atoms. The van der Waals surface area contributed by atoms with Gasteiger partial charge in [-0.25, -0.2) is 0 Å². The number of fused-ring (bicyclic) bond motifs is 3. The molecule has 2 aliphatic rings. The van der Waals surface area contributed by atoms with E-state index in [1.807, 2.05) is 65.6 Å². The van der Waals surface area contributed by atoms with Crippen LogP contribution in [0.25, 0.3) is 6.08 Å². The number of hydrazine groups is 1. The number of hydrogen-bond donors (Lipinski definition) is 1. The fraction of sp³-hybridized carbons (Fsp3) is 0.250. The van der Waals surface area contributed by atoms with Crippen molar-refractivity contribution in [2.45, 2.75) is 19.6 Å². The van der Waals surface area contributed by atoms with Crippen molar-refractivity contribution in [1.82, 2.24) is 5.01 Å². The number of anilines is 1. The molecule has 0 fully saturated rings. The number of rotatable bonds is 3. The maximum atomic E-state index is 12.3. The van der Waals surface area contributed by atoms with Crippen LogP contribution in [0, 0.1) is 0 Å². The van der Waals surface area contributed by atoms with E-state index in [1.54, 1.807) is 6.92 Å². The third-order valence-electron chi connectivity index (χ3n) is 4.80. The molecule has 0 radical (unpaired) electrons. The predicted octanol–water partition coefficient (Wildman–Crippen LogP) is 2.54. The average Bonchev–Trinajstić information content (AvgIpc) is 3.08. The summed E-state index contributed by atoms with van der Waals surface area (Å²) in [5, 5.41) is 3.93. The molecule has 1 unspecified atom stereocenters. The zero-order valence-corrected chi connectivity index (χ0v) is 14.8. The Morgan fingerprint density at radius 1 is 1.19 bits per heavy atom. The monoisotopic (exact) mass is 351 g/mol. The summed E-state index contributed by atoms with van der Waals surface area (Å²) in [6.45, 7) is 2.30. The molecule has 0 aromatic heterocycles. The lowest BCUT2D eigenvalue weighted by molar-refractivity contribution is -0.114. The lowest BCUT2D eigenvalue weighted by Crippen LogP contribution is -2.52. The first-order valence-corrected chi connectivity index (χ1v) is 8.51. The van der Waals surface area contributed by atoms with Gasteiger partial charge in [-0.05, 0) is 30.7 Å². The van der Waals surface area contributed by atoms with Gasteiger partial charge in [0.15, 0.2) is 17.3 Å². The first kappa shape index (κ1) is 16.6. The van der Waals surface area contributed by atoms with Crippen LogP contribution >= 0.6 is 0 Å². The molecule has 0 saturated heterocycles. The van der Waals surface area contributed by atoms with E-state index < -0.39 is 6.17 Å². The molecule has 0 amide bonds. The van der Waals surface area contributed by atoms with E-state index in [9.17, 15) is 4.79 Å². The van der Waals surface area contributed by atoms with Gasteiger partial charge in [0, 0.05) is 24.7 Å². The van der Waals surface area contributed by atoms with Crippen molar-refractivity contribution in [2.75, 3.05) is 18.8 Å². The summed E-state index contributed by atoms with van der Waals surface area (Å²) < 4.78 is 11.2. The Morgan fingerprint density at radius 3 is 2.69 bits per heavy atom. The zero-order valence-electron chi connectivity index (χ0n) is 14.8. The minimum absolute atomic E-state index is 0.0468. The first-order chi connectivity index (χ1) is 12.6. The van der Waals surface area contributed by atoms with Gasteiger partial charge in [0.25, 0.3) is 0 Å². The van der Waals surface area contributed by atoms with Crippen molar-refractivity contribution in [3.63, 3.8) is 0 Å². The third kappa shape index (κ3) is 2.73. The summed E-state index contributed by atoms with van der Waals surface area (Å²) in [6, 6.07) is 13.8. The third-order valence-corrected chi connectivity index (χ3v) is 4.80. The van der Waals surface area contributed by atoms with Gasteiger partial charge in [0.2, 0.25) is 6.79 Å². The van der Waals surface area contributed by atoms with Crippen LogP contribution in [0.1, 0.15) is 18.1 Å². The van der Waals surface area contributed by atoms with Crippen molar-refractivity contribution in [3.05, 3.63) is 59.2 Å². The Kier molecular flexibility index (Phi) is 4.14. The highest BCUT2D eigenvalue weighted by Gasteiger charge is 2.33. The molecule has 1 atom stereocenters. The quantitative estimate of drug-likeness (QED) is 0.917. The van der Waals surface area contributed by atoms with Gasteiger partial charge >= 0.3 is 0 Å². The molecule has 0 spiro atoms. The second-order valence-electron chi connectivity index (χ2n) is 6.44. The predicted molar refractivity (Wildman–Crippen MR) is 99.6 cm³/mol. The van der Waals surface area contributed by atoms with Crippen molar-refractivity contribution >= 4 is 17.5 Å². The molecular weight excluding hydrogens is 330 g/mol. The molecular formula is C20H21N3O3. The smallest absolute Gasteiger partial charge is 0.231 e. The minimum atomic E-state index is -0.567. The van der Waals surface area contributed by atoms with Gasteiger partial charge in [-0.3, -0.25) is 4.79 Å². The number of Topliss-reactive ketones (excluding diaryl/α,β-unsaturated/α-hetero) is 1. The Balaban J connectivity index is 1.84. The summed E-state index contributed by atoms with van der Waals surface area (Å²) in [6.07, 6.45) is 1.29. The SMILES string of the molecule is CC(=O)C1=Cc2ccc3c(c2N(C)N(Cc2ccccc2)C1N)OCO3. The molecule has 26 heavy (non-hydrogen) atoms. The molecule has 134 valence electrons. The number of carbonyl (C=O) groups excluding carboxylic acids is 1. The van der Waals surface area contributed by atoms with Crippen molar-refractivity contribution < 1.29 is 14.3 Å². The van der Waals surface area contributed by atoms with Gasteiger partial charge in [-0.1, -0.05) is 30.3 Å². The Bertz CT molecular complexity index is 879. The first-order valence-electron chi connectivity index (χ1n) is 8.51. The van der Waals surface area contributed by atoms with E-state index in [-0.39, 0.29) is 12.6 Å². The molecule has 6 heteroatoms. The van der Waals surface area contributed by atoms with Crippen LogP contribution in [0.15, 0.2) is 48.0 Å². The summed E-state index contributed by atoms with van der Waals surface area (Å²) in [7, 11) is 1.93. The molecule has 2 heterocycles. The lowest BCUT2D eigenvalue weighted by Gasteiger charge is -2.37. The Hall–Kier alpha value is -2.83. The molecule has 6 nitrogen and oxygen atoms in total. The van der Waals surface area contributed by atoms with E-state index in [4.69, 9.17) is 15.2 Å². The van der Waals surface area contributed by atoms with Crippen molar-refractivity contribution in [3.8, 4) is 11.5 Å². The highest BCUT2D eigenvalue weighted by Crippen LogP contribution is 2.46. The maximum Gasteiger partial charge on any atom is 0.231 e. The summed E-state index contributed by atoms with van der Waals surface area (Å²) in [5.74, 6) is 1.33. The molecule has 2 N–H and O–H groups in total. The fourth-order valence-corrected chi connectivity index (χ4v) is 3.44. The van der Waals surface area contributed by atoms with Crippen molar-refractivity contribution in [1.29, 1.82) is 0 Å². The Morgan fingerprint density at radius 2 is 1.96 bits per heavy atom. The highest BCUT2D eigenvalue weighted by atomic mass is 16.7. The molecule has 0 saturated carbocycles. The van der Waals surface area contributed by atoms with E-state index in [0.29, 0.717) is 23.6 Å². The second kappa shape index (κ2) is 6.48. The number of benzene rings is 2. The summed E-state index contributed by atoms with van der Waals surface area (Å²) in [5.41, 5.74) is 9.91. The van der Waals surface area contributed by atoms with Crippen LogP contribution in [0.4, 0.5) is 5.69 Å². The standard InChI is InChI=1S/C20H21N3O3/c1-13(24)16-10-15-8-9-17-19(26-12-25-17)18(15)22(2)23(20(16)21)11-14-6-4-3-5-7-14/h3-10,20H,11-12,21H2,1-2H3. The number of hydrogen-bond acceptors (Lipinski definition) is 6. The van der Waals surface area contributed by atoms with E-state index in [0.717, 1.165) is 16.8 Å². The van der Waals surface area contributed by atoms with Crippen LogP contribution in [-0.4, -0.2) is 30.8 Å². The van der Waals surface area contributed by atoms with Gasteiger partial charge in [0.1, 0.15) is 11.9 Å². The molecule has 0 aliphatic carbocycles. The molecule has 2 aliphatic heterocycles. The summed E-state index contributed by atoms with van der Waals surface area (Å²) in [4.78, 5) is 12.3. The molecule has 2 aromatic rings. The lowest BCUT2D eigenvalue weighted by atomic mass is 10.0. The van der Waals surface area contributed by atoms with Crippen LogP contribution in [0.3, 0.4) is 0 Å². The largest absolute Gasteiger partial charge is 0.454 e. The van der Waals surface area contributed by atoms with Gasteiger partial charge in [0.05, 0.1) is 0 Å². The van der Waals surface area contributed by atoms with Gasteiger partial charge in [-0.15, -0.1) is 0 Å². The Labute approximate surface area is 152 Å². The normalized spacial score (nSPS) is 19.0. The van der Waals surface area contributed by atoms with Gasteiger partial charge < -0.3 is 20.2 Å². The second-order valence-corrected chi connectivity index (χ2v) is 6.44. The number of nitrogens with two attached hydrogens (primary N) is 1. The van der Waals surface area contributed by atoms with E-state index in [1.165, 1.54) is 0 Å². The van der Waals surface area contributed by atoms with Crippen LogP contribution < -0.4 is 20.2 Å². The number of nitrogens with zero attached hydrogens (tertiary/aromatic N) is 2. The fourth-order valence-electron chi connectivity index (χ4n) is 3.44. The zero-order chi connectivity index (χ0) is 18.3.